The monoisotopic (exact) mass is 826 g/mol. The summed E-state index contributed by atoms with van der Waals surface area (Å²) >= 11 is 0. The van der Waals surface area contributed by atoms with Gasteiger partial charge in [0, 0.05) is 13.0 Å². The quantitative estimate of drug-likeness (QED) is 0.250. The summed E-state index contributed by atoms with van der Waals surface area (Å²) in [5, 5.41) is 22.5. The maximum Gasteiger partial charge on any atom is 0.310 e. The molecule has 5 saturated carbocycles. The third-order valence-electron chi connectivity index (χ3n) is 20.2. The largest absolute Gasteiger partial charge is 0.481 e. The van der Waals surface area contributed by atoms with E-state index in [-0.39, 0.29) is 76.1 Å². The average molecular weight is 826 g/mol. The molecule has 0 spiro atoms. The number of carbonyl (C=O) groups is 4. The van der Waals surface area contributed by atoms with Crippen LogP contribution in [-0.4, -0.2) is 56.9 Å². The van der Waals surface area contributed by atoms with Gasteiger partial charge >= 0.3 is 11.9 Å². The highest BCUT2D eigenvalue weighted by Crippen LogP contribution is 2.79. The molecule has 2 N–H and O–H groups in total. The Morgan fingerprint density at radius 2 is 1.52 bits per heavy atom. The summed E-state index contributed by atoms with van der Waals surface area (Å²) in [6.07, 6.45) is 9.56. The van der Waals surface area contributed by atoms with E-state index in [1.54, 1.807) is 0 Å². The van der Waals surface area contributed by atoms with Gasteiger partial charge in [0.05, 0.1) is 28.4 Å². The molecule has 1 aliphatic heterocycles. The van der Waals surface area contributed by atoms with E-state index in [1.165, 1.54) is 0 Å². The lowest BCUT2D eigenvalue weighted by atomic mass is 9.29. The molecule has 8 heteroatoms. The van der Waals surface area contributed by atoms with Gasteiger partial charge in [-0.15, -0.1) is 0 Å². The Kier molecular flexibility index (Phi) is 10.2. The summed E-state index contributed by atoms with van der Waals surface area (Å²) in [7, 11) is 0. The Labute approximate surface area is 360 Å². The maximum atomic E-state index is 15.2. The maximum absolute atomic E-state index is 15.2. The number of nitrogens with zero attached hydrogens (tertiary/aromatic N) is 1. The number of amides is 1. The average Bonchev–Trinajstić information content (AvgIpc) is 3.78. The Bertz CT molecular complexity index is 1980. The van der Waals surface area contributed by atoms with Crippen molar-refractivity contribution in [3.8, 4) is 0 Å². The number of hydrogen-bond donors (Lipinski definition) is 2. The minimum Gasteiger partial charge on any atom is -0.481 e. The van der Waals surface area contributed by atoms with E-state index in [9.17, 15) is 24.6 Å². The number of hydrogen-bond acceptors (Lipinski definition) is 6. The number of carbonyl (C=O) groups excluding carboxylic acids is 3. The number of carboxylic acid groups (broad SMARTS) is 1. The van der Waals surface area contributed by atoms with Crippen molar-refractivity contribution in [3.05, 3.63) is 47.0 Å². The topological polar surface area (TPSA) is 121 Å². The molecule has 0 unspecified atom stereocenters. The van der Waals surface area contributed by atoms with Crippen LogP contribution in [0.2, 0.25) is 0 Å². The Morgan fingerprint density at radius 1 is 0.850 bits per heavy atom. The molecular weight excluding hydrogens is 751 g/mol. The van der Waals surface area contributed by atoms with Crippen molar-refractivity contribution >= 4 is 23.6 Å². The van der Waals surface area contributed by atoms with Gasteiger partial charge in [-0.05, 0) is 158 Å². The second-order valence-electron chi connectivity index (χ2n) is 23.8. The van der Waals surface area contributed by atoms with Gasteiger partial charge in [0.25, 0.3) is 0 Å². The molecule has 8 nitrogen and oxygen atoms in total. The first-order valence-corrected chi connectivity index (χ1v) is 23.6. The van der Waals surface area contributed by atoms with E-state index in [4.69, 9.17) is 4.74 Å². The fourth-order valence-corrected chi connectivity index (χ4v) is 17.1. The number of ketones is 1. The second kappa shape index (κ2) is 14.0. The standard InChI is InChI=1S/C52H75NO7/c1-31(2)40-35(54)29-51(43(56)53-27-15-18-39(53)47(7,8)59)26-25-49(10)33(41(40)51)19-20-38-48(9)23-21-37(45(3,4)36(48)22-24-50(38,49)11)52(44(57)58)28-34(46(52,5)6)42(55)60-30-32-16-13-12-14-17-32/h12-14,16-17,31,33-34,36-39,59H,15,18-30H2,1-11H3,(H,57,58)/t33-,34+,36-,37+,38-,39+,48-,49-,50-,51-,52-/m1/s1. The second-order valence-corrected chi connectivity index (χ2v) is 23.8. The molecule has 6 aliphatic carbocycles. The number of aliphatic carboxylic acids is 1. The zero-order valence-corrected chi connectivity index (χ0v) is 38.7. The number of Topliss-reactive ketones (excluding diaryl/α,β-unsaturated/α-hetero) is 1. The fraction of sp³-hybridized carbons (Fsp3) is 0.769. The van der Waals surface area contributed by atoms with Crippen molar-refractivity contribution in [2.75, 3.05) is 6.54 Å². The third kappa shape index (κ3) is 5.68. The van der Waals surface area contributed by atoms with Crippen LogP contribution in [0.1, 0.15) is 159 Å². The molecule has 7 aliphatic rings. The fourth-order valence-electron chi connectivity index (χ4n) is 17.1. The van der Waals surface area contributed by atoms with Crippen LogP contribution in [0, 0.1) is 73.4 Å². The van der Waals surface area contributed by atoms with Gasteiger partial charge < -0.3 is 19.8 Å². The number of benzene rings is 1. The van der Waals surface area contributed by atoms with Crippen LogP contribution in [0.4, 0.5) is 0 Å². The van der Waals surface area contributed by atoms with Gasteiger partial charge in [-0.1, -0.05) is 92.6 Å². The lowest BCUT2D eigenvalue weighted by Gasteiger charge is -2.74. The van der Waals surface area contributed by atoms with E-state index in [2.05, 4.69) is 48.5 Å². The number of esters is 1. The Hall–Kier alpha value is -3.00. The number of ether oxygens (including phenoxy) is 1. The summed E-state index contributed by atoms with van der Waals surface area (Å²) in [4.78, 5) is 58.8. The number of fused-ring (bicyclic) bond motifs is 7. The summed E-state index contributed by atoms with van der Waals surface area (Å²) in [5.41, 5.74) is -1.10. The molecule has 11 atom stereocenters. The molecule has 6 fully saturated rings. The number of carboxylic acids is 1. The summed E-state index contributed by atoms with van der Waals surface area (Å²) in [6, 6.07) is 9.41. The molecule has 0 aromatic heterocycles. The first-order valence-electron chi connectivity index (χ1n) is 23.6. The van der Waals surface area contributed by atoms with Crippen LogP contribution in [0.5, 0.6) is 0 Å². The van der Waals surface area contributed by atoms with E-state index >= 15 is 4.79 Å². The Morgan fingerprint density at radius 3 is 2.13 bits per heavy atom. The normalized spacial score (nSPS) is 41.8. The van der Waals surface area contributed by atoms with Gasteiger partial charge in [0.1, 0.15) is 6.61 Å². The van der Waals surface area contributed by atoms with Crippen LogP contribution in [-0.2, 0) is 30.5 Å². The molecule has 60 heavy (non-hydrogen) atoms. The predicted molar refractivity (Wildman–Crippen MR) is 232 cm³/mol. The number of rotatable bonds is 8. The highest BCUT2D eigenvalue weighted by Gasteiger charge is 2.76. The molecule has 0 radical (unpaired) electrons. The van der Waals surface area contributed by atoms with Gasteiger partial charge in [-0.3, -0.25) is 19.2 Å². The van der Waals surface area contributed by atoms with Crippen molar-refractivity contribution in [3.63, 3.8) is 0 Å². The molecular formula is C52H75NO7. The first-order chi connectivity index (χ1) is 27.9. The van der Waals surface area contributed by atoms with Gasteiger partial charge in [-0.2, -0.15) is 0 Å². The van der Waals surface area contributed by atoms with Crippen molar-refractivity contribution in [1.82, 2.24) is 4.90 Å². The lowest BCUT2D eigenvalue weighted by molar-refractivity contribution is -0.261. The van der Waals surface area contributed by atoms with Crippen LogP contribution >= 0.6 is 0 Å². The molecule has 1 aromatic carbocycles. The SMILES string of the molecule is CC(C)C1=C2[C@H]3CC[C@@H]4[C@]5(C)CC[C@H]([C@@]6(C(=O)O)C[C@@H](C(=O)OCc7ccccc7)C6(C)C)C(C)(C)[C@H]5CC[C@@]4(C)[C@]3(C)CC[C@@]2(C(=O)N2CCC[C@H]2C(C)(C)O)CC1=O. The van der Waals surface area contributed by atoms with E-state index in [1.807, 2.05) is 62.9 Å². The van der Waals surface area contributed by atoms with E-state index in [0.717, 1.165) is 74.5 Å². The van der Waals surface area contributed by atoms with Crippen LogP contribution in [0.25, 0.3) is 0 Å². The predicted octanol–water partition coefficient (Wildman–Crippen LogP) is 10.2. The summed E-state index contributed by atoms with van der Waals surface area (Å²) in [6.45, 7) is 25.0. The molecule has 1 amide bonds. The lowest BCUT2D eigenvalue weighted by Crippen LogP contribution is -2.71. The number of aliphatic hydroxyl groups is 1. The van der Waals surface area contributed by atoms with Gasteiger partial charge in [0.2, 0.25) is 5.91 Å². The van der Waals surface area contributed by atoms with Crippen LogP contribution in [0.15, 0.2) is 41.5 Å². The summed E-state index contributed by atoms with van der Waals surface area (Å²) < 4.78 is 5.83. The van der Waals surface area contributed by atoms with Gasteiger partial charge in [-0.25, -0.2) is 0 Å². The minimum atomic E-state index is -1.04. The number of allylic oxidation sites excluding steroid dienone is 1. The smallest absolute Gasteiger partial charge is 0.310 e. The summed E-state index contributed by atoms with van der Waals surface area (Å²) in [5.74, 6) is -0.512. The molecule has 1 aromatic rings. The zero-order chi connectivity index (χ0) is 43.8. The number of likely N-dealkylation sites (tertiary alicyclic amines) is 1. The molecule has 8 rings (SSSR count). The van der Waals surface area contributed by atoms with Crippen molar-refractivity contribution in [1.29, 1.82) is 0 Å². The van der Waals surface area contributed by atoms with Crippen molar-refractivity contribution in [2.24, 2.45) is 73.4 Å². The molecule has 1 heterocycles. The Balaban J connectivity index is 1.09. The molecule has 0 bridgehead atoms. The molecule has 330 valence electrons. The molecule has 1 saturated heterocycles. The van der Waals surface area contributed by atoms with Crippen molar-refractivity contribution < 1.29 is 34.1 Å². The van der Waals surface area contributed by atoms with Crippen LogP contribution < -0.4 is 0 Å². The van der Waals surface area contributed by atoms with E-state index < -0.39 is 33.7 Å². The highest BCUT2D eigenvalue weighted by molar-refractivity contribution is 6.07. The highest BCUT2D eigenvalue weighted by atomic mass is 16.5. The van der Waals surface area contributed by atoms with Crippen LogP contribution in [0.3, 0.4) is 0 Å². The minimum absolute atomic E-state index is 0.0107. The third-order valence-corrected chi connectivity index (χ3v) is 20.2. The zero-order valence-electron chi connectivity index (χ0n) is 38.7. The first kappa shape index (κ1) is 43.6. The van der Waals surface area contributed by atoms with Crippen molar-refractivity contribution in [2.45, 2.75) is 171 Å². The van der Waals surface area contributed by atoms with Gasteiger partial charge in [0.15, 0.2) is 5.78 Å². The van der Waals surface area contributed by atoms with E-state index in [0.29, 0.717) is 31.2 Å².